The second-order valence-electron chi connectivity index (χ2n) is 2.43. The van der Waals surface area contributed by atoms with Crippen LogP contribution in [0.15, 0.2) is 18.2 Å². The van der Waals surface area contributed by atoms with Crippen molar-refractivity contribution < 1.29 is 22.7 Å². The predicted molar refractivity (Wildman–Crippen MR) is 37.3 cm³/mol. The Morgan fingerprint density at radius 3 is 2.31 bits per heavy atom. The molecule has 0 bridgehead atoms. The van der Waals surface area contributed by atoms with E-state index in [1.54, 1.807) is 0 Å². The van der Waals surface area contributed by atoms with E-state index in [4.69, 9.17) is 5.11 Å². The lowest BCUT2D eigenvalue weighted by Crippen LogP contribution is -2.09. The second kappa shape index (κ2) is 3.33. The minimum Gasteiger partial charge on any atom is -0.392 e. The molecule has 0 heterocycles. The molecule has 0 spiro atoms. The lowest BCUT2D eigenvalue weighted by Gasteiger charge is -2.09. The summed E-state index contributed by atoms with van der Waals surface area (Å²) in [5, 5.41) is 8.50. The van der Waals surface area contributed by atoms with Gasteiger partial charge in [-0.25, -0.2) is 4.39 Å². The van der Waals surface area contributed by atoms with Crippen LogP contribution >= 0.6 is 0 Å². The number of hydrogen-bond acceptors (Lipinski definition) is 1. The quantitative estimate of drug-likeness (QED) is 0.680. The van der Waals surface area contributed by atoms with Crippen LogP contribution in [-0.4, -0.2) is 5.11 Å². The van der Waals surface area contributed by atoms with Gasteiger partial charge >= 0.3 is 6.18 Å². The van der Waals surface area contributed by atoms with Crippen molar-refractivity contribution in [3.63, 3.8) is 0 Å². The fourth-order valence-corrected chi connectivity index (χ4v) is 0.921. The Morgan fingerprint density at radius 2 is 1.85 bits per heavy atom. The summed E-state index contributed by atoms with van der Waals surface area (Å²) in [6.45, 7) is -0.740. The van der Waals surface area contributed by atoms with Crippen LogP contribution in [0.3, 0.4) is 0 Å². The molecule has 0 amide bonds. The van der Waals surface area contributed by atoms with Gasteiger partial charge in [0.1, 0.15) is 5.82 Å². The van der Waals surface area contributed by atoms with Crippen molar-refractivity contribution in [1.29, 1.82) is 0 Å². The van der Waals surface area contributed by atoms with Gasteiger partial charge in [0.05, 0.1) is 12.2 Å². The average molecular weight is 194 g/mol. The van der Waals surface area contributed by atoms with Crippen LogP contribution in [0.4, 0.5) is 17.6 Å². The number of aliphatic hydroxyl groups is 1. The fraction of sp³-hybridized carbons (Fsp3) is 0.250. The van der Waals surface area contributed by atoms with Gasteiger partial charge in [0.15, 0.2) is 0 Å². The third kappa shape index (κ3) is 1.98. The normalized spacial score (nSPS) is 11.8. The van der Waals surface area contributed by atoms with E-state index in [0.29, 0.717) is 6.07 Å². The first-order valence-corrected chi connectivity index (χ1v) is 3.42. The van der Waals surface area contributed by atoms with Crippen LogP contribution in [0.25, 0.3) is 0 Å². The molecule has 1 N–H and O–H groups in total. The molecule has 0 aliphatic carbocycles. The van der Waals surface area contributed by atoms with Gasteiger partial charge in [-0.1, -0.05) is 12.1 Å². The van der Waals surface area contributed by atoms with Gasteiger partial charge in [-0.3, -0.25) is 0 Å². The van der Waals surface area contributed by atoms with Gasteiger partial charge < -0.3 is 5.11 Å². The van der Waals surface area contributed by atoms with Crippen LogP contribution in [0.5, 0.6) is 0 Å². The smallest absolute Gasteiger partial charge is 0.392 e. The number of rotatable bonds is 1. The Kier molecular flexibility index (Phi) is 2.56. The van der Waals surface area contributed by atoms with Gasteiger partial charge in [-0.15, -0.1) is 0 Å². The highest BCUT2D eigenvalue weighted by molar-refractivity contribution is 5.27. The molecule has 0 aliphatic rings. The maximum atomic E-state index is 12.9. The SMILES string of the molecule is OCc1cccc(C(F)(F)F)c1F. The Hall–Kier alpha value is -1.10. The molecular formula is C8H6F4O. The molecule has 0 saturated carbocycles. The van der Waals surface area contributed by atoms with Gasteiger partial charge in [-0.05, 0) is 6.07 Å². The maximum Gasteiger partial charge on any atom is 0.419 e. The van der Waals surface area contributed by atoms with Gasteiger partial charge in [0, 0.05) is 5.56 Å². The van der Waals surface area contributed by atoms with E-state index in [0.717, 1.165) is 12.1 Å². The first kappa shape index (κ1) is 9.98. The number of halogens is 4. The molecule has 1 aromatic rings. The molecule has 1 rings (SSSR count). The van der Waals surface area contributed by atoms with Crippen molar-refractivity contribution in [2.24, 2.45) is 0 Å². The number of alkyl halides is 3. The van der Waals surface area contributed by atoms with E-state index in [-0.39, 0.29) is 5.56 Å². The van der Waals surface area contributed by atoms with Gasteiger partial charge in [0.2, 0.25) is 0 Å². The summed E-state index contributed by atoms with van der Waals surface area (Å²) in [4.78, 5) is 0. The molecule has 1 nitrogen and oxygen atoms in total. The first-order chi connectivity index (χ1) is 5.96. The van der Waals surface area contributed by atoms with E-state index in [1.165, 1.54) is 0 Å². The van der Waals surface area contributed by atoms with Crippen LogP contribution in [-0.2, 0) is 12.8 Å². The first-order valence-electron chi connectivity index (χ1n) is 3.42. The summed E-state index contributed by atoms with van der Waals surface area (Å²) in [7, 11) is 0. The zero-order chi connectivity index (χ0) is 10.1. The molecule has 0 atom stereocenters. The van der Waals surface area contributed by atoms with Crippen molar-refractivity contribution in [2.45, 2.75) is 12.8 Å². The van der Waals surface area contributed by atoms with Crippen molar-refractivity contribution in [3.8, 4) is 0 Å². The lowest BCUT2D eigenvalue weighted by molar-refractivity contribution is -0.140. The number of aliphatic hydroxyl groups excluding tert-OH is 1. The van der Waals surface area contributed by atoms with E-state index in [2.05, 4.69) is 0 Å². The maximum absolute atomic E-state index is 12.9. The average Bonchev–Trinajstić information content (AvgIpc) is 2.02. The van der Waals surface area contributed by atoms with E-state index in [1.807, 2.05) is 0 Å². The highest BCUT2D eigenvalue weighted by Gasteiger charge is 2.34. The summed E-state index contributed by atoms with van der Waals surface area (Å²) in [6.07, 6.45) is -4.71. The number of hydrogen-bond donors (Lipinski definition) is 1. The monoisotopic (exact) mass is 194 g/mol. The zero-order valence-corrected chi connectivity index (χ0v) is 6.40. The van der Waals surface area contributed by atoms with Crippen LogP contribution in [0, 0.1) is 5.82 Å². The van der Waals surface area contributed by atoms with Crippen molar-refractivity contribution in [1.82, 2.24) is 0 Å². The molecule has 0 unspecified atom stereocenters. The summed E-state index contributed by atoms with van der Waals surface area (Å²) in [6, 6.07) is 2.79. The fourth-order valence-electron chi connectivity index (χ4n) is 0.921. The summed E-state index contributed by atoms with van der Waals surface area (Å²) >= 11 is 0. The molecule has 1 aromatic carbocycles. The zero-order valence-electron chi connectivity index (χ0n) is 6.40. The Labute approximate surface area is 71.6 Å². The van der Waals surface area contributed by atoms with Crippen molar-refractivity contribution in [2.75, 3.05) is 0 Å². The van der Waals surface area contributed by atoms with Crippen molar-refractivity contribution >= 4 is 0 Å². The molecule has 0 saturated heterocycles. The second-order valence-corrected chi connectivity index (χ2v) is 2.43. The Bertz CT molecular complexity index is 306. The number of benzene rings is 1. The minimum atomic E-state index is -4.71. The van der Waals surface area contributed by atoms with E-state index < -0.39 is 24.2 Å². The summed E-state index contributed by atoms with van der Waals surface area (Å²) in [5.74, 6) is -1.41. The van der Waals surface area contributed by atoms with Crippen LogP contribution < -0.4 is 0 Å². The van der Waals surface area contributed by atoms with Crippen LogP contribution in [0.1, 0.15) is 11.1 Å². The van der Waals surface area contributed by atoms with Gasteiger partial charge in [-0.2, -0.15) is 13.2 Å². The summed E-state index contributed by atoms with van der Waals surface area (Å²) < 4.78 is 49.0. The van der Waals surface area contributed by atoms with E-state index >= 15 is 0 Å². The van der Waals surface area contributed by atoms with Crippen molar-refractivity contribution in [3.05, 3.63) is 35.1 Å². The minimum absolute atomic E-state index is 0.352. The van der Waals surface area contributed by atoms with Crippen LogP contribution in [0.2, 0.25) is 0 Å². The largest absolute Gasteiger partial charge is 0.419 e. The molecule has 5 heteroatoms. The lowest BCUT2D eigenvalue weighted by atomic mass is 10.1. The topological polar surface area (TPSA) is 20.2 Å². The molecular weight excluding hydrogens is 188 g/mol. The predicted octanol–water partition coefficient (Wildman–Crippen LogP) is 2.34. The molecule has 0 radical (unpaired) electrons. The Morgan fingerprint density at radius 1 is 1.23 bits per heavy atom. The molecule has 72 valence electrons. The van der Waals surface area contributed by atoms with E-state index in [9.17, 15) is 17.6 Å². The standard InChI is InChI=1S/C8H6F4O/c9-7-5(4-13)2-1-3-6(7)8(10,11)12/h1-3,13H,4H2. The molecule has 0 aliphatic heterocycles. The Balaban J connectivity index is 3.24. The van der Waals surface area contributed by atoms with Gasteiger partial charge in [0.25, 0.3) is 0 Å². The third-order valence-electron chi connectivity index (χ3n) is 1.55. The summed E-state index contributed by atoms with van der Waals surface area (Å²) in [5.41, 5.74) is -1.70. The highest BCUT2D eigenvalue weighted by Crippen LogP contribution is 2.32. The molecule has 0 fully saturated rings. The third-order valence-corrected chi connectivity index (χ3v) is 1.55. The molecule has 13 heavy (non-hydrogen) atoms. The molecule has 0 aromatic heterocycles. The highest BCUT2D eigenvalue weighted by atomic mass is 19.4.